The van der Waals surface area contributed by atoms with E-state index in [9.17, 15) is 4.79 Å². The van der Waals surface area contributed by atoms with Gasteiger partial charge in [0.1, 0.15) is 6.04 Å². The van der Waals surface area contributed by atoms with E-state index in [1.807, 2.05) is 30.3 Å². The molecule has 0 radical (unpaired) electrons. The highest BCUT2D eigenvalue weighted by atomic mass is 32.1. The molecule has 1 amide bonds. The number of hydrogen-bond donors (Lipinski definition) is 2. The molecular formula is C22H25N2OS+. The van der Waals surface area contributed by atoms with Gasteiger partial charge in [0.25, 0.3) is 5.91 Å². The van der Waals surface area contributed by atoms with E-state index >= 15 is 0 Å². The highest BCUT2D eigenvalue weighted by molar-refractivity contribution is 7.10. The molecule has 0 fully saturated rings. The molecule has 1 aromatic heterocycles. The van der Waals surface area contributed by atoms with Gasteiger partial charge in [-0.3, -0.25) is 4.79 Å². The maximum Gasteiger partial charge on any atom is 0.279 e. The van der Waals surface area contributed by atoms with Crippen LogP contribution in [0.1, 0.15) is 41.8 Å². The molecule has 0 aliphatic heterocycles. The Morgan fingerprint density at radius 3 is 2.27 bits per heavy atom. The van der Waals surface area contributed by atoms with E-state index in [4.69, 9.17) is 0 Å². The lowest BCUT2D eigenvalue weighted by molar-refractivity contribution is -0.675. The molecule has 0 aliphatic rings. The lowest BCUT2D eigenvalue weighted by Gasteiger charge is -2.16. The summed E-state index contributed by atoms with van der Waals surface area (Å²) in [5.74, 6) is 0.529. The zero-order chi connectivity index (χ0) is 18.4. The molecule has 26 heavy (non-hydrogen) atoms. The van der Waals surface area contributed by atoms with Crippen molar-refractivity contribution in [3.05, 3.63) is 88.1 Å². The van der Waals surface area contributed by atoms with E-state index < -0.39 is 0 Å². The van der Waals surface area contributed by atoms with Crippen LogP contribution in [-0.4, -0.2) is 12.5 Å². The second-order valence-electron chi connectivity index (χ2n) is 6.67. The molecule has 4 heteroatoms. The summed E-state index contributed by atoms with van der Waals surface area (Å²) in [5.41, 5.74) is 3.39. The van der Waals surface area contributed by atoms with Gasteiger partial charge in [-0.15, -0.1) is 11.3 Å². The fourth-order valence-electron chi connectivity index (χ4n) is 2.93. The molecule has 0 spiro atoms. The maximum atomic E-state index is 12.3. The fourth-order valence-corrected chi connectivity index (χ4v) is 3.78. The summed E-state index contributed by atoms with van der Waals surface area (Å²) in [6, 6.07) is 22.7. The third-order valence-electron chi connectivity index (χ3n) is 4.41. The molecule has 0 saturated heterocycles. The number of anilines is 1. The molecule has 0 saturated carbocycles. The number of hydrogen-bond acceptors (Lipinski definition) is 2. The molecular weight excluding hydrogens is 340 g/mol. The zero-order valence-corrected chi connectivity index (χ0v) is 16.0. The molecule has 1 heterocycles. The quantitative estimate of drug-likeness (QED) is 0.649. The second kappa shape index (κ2) is 8.79. The number of benzene rings is 2. The van der Waals surface area contributed by atoms with E-state index in [1.165, 1.54) is 16.0 Å². The summed E-state index contributed by atoms with van der Waals surface area (Å²) in [5, 5.41) is 7.14. The topological polar surface area (TPSA) is 45.7 Å². The Balaban J connectivity index is 1.70. The number of thiophene rings is 1. The number of nitrogens with one attached hydrogen (secondary N) is 1. The predicted octanol–water partition coefficient (Wildman–Crippen LogP) is 4.16. The Morgan fingerprint density at radius 1 is 0.962 bits per heavy atom. The third-order valence-corrected chi connectivity index (χ3v) is 5.36. The SMILES string of the molecule is CC(C)c1ccc([C@@H]([NH2+]CC(=O)Nc2ccccc2)c2cccs2)cc1. The molecule has 3 aromatic rings. The number of nitrogens with two attached hydrogens (primary N) is 1. The van der Waals surface area contributed by atoms with Crippen LogP contribution in [0, 0.1) is 0 Å². The summed E-state index contributed by atoms with van der Waals surface area (Å²) < 4.78 is 0. The van der Waals surface area contributed by atoms with Crippen molar-refractivity contribution in [3.63, 3.8) is 0 Å². The highest BCUT2D eigenvalue weighted by Crippen LogP contribution is 2.24. The van der Waals surface area contributed by atoms with Crippen LogP contribution < -0.4 is 10.6 Å². The van der Waals surface area contributed by atoms with Crippen LogP contribution in [0.4, 0.5) is 5.69 Å². The van der Waals surface area contributed by atoms with E-state index in [1.54, 1.807) is 11.3 Å². The van der Waals surface area contributed by atoms with Crippen molar-refractivity contribution in [3.8, 4) is 0 Å². The number of para-hydroxylation sites is 1. The fraction of sp³-hybridized carbons (Fsp3) is 0.227. The average Bonchev–Trinajstić information content (AvgIpc) is 3.17. The molecule has 3 N–H and O–H groups in total. The first-order chi connectivity index (χ1) is 12.6. The lowest BCUT2D eigenvalue weighted by Crippen LogP contribution is -2.87. The predicted molar refractivity (Wildman–Crippen MR) is 109 cm³/mol. The van der Waals surface area contributed by atoms with Gasteiger partial charge in [-0.05, 0) is 35.1 Å². The van der Waals surface area contributed by atoms with Crippen molar-refractivity contribution in [2.24, 2.45) is 0 Å². The summed E-state index contributed by atoms with van der Waals surface area (Å²) in [7, 11) is 0. The first kappa shape index (κ1) is 18.4. The van der Waals surface area contributed by atoms with Gasteiger partial charge in [0.05, 0.1) is 4.88 Å². The summed E-state index contributed by atoms with van der Waals surface area (Å²) >= 11 is 1.73. The average molecular weight is 366 g/mol. The molecule has 0 bridgehead atoms. The van der Waals surface area contributed by atoms with E-state index in [2.05, 4.69) is 66.3 Å². The van der Waals surface area contributed by atoms with Gasteiger partial charge in [-0.25, -0.2) is 0 Å². The van der Waals surface area contributed by atoms with Crippen LogP contribution in [0.25, 0.3) is 0 Å². The Hall–Kier alpha value is -2.43. The minimum atomic E-state index is 0.0107. The maximum absolute atomic E-state index is 12.3. The minimum Gasteiger partial charge on any atom is -0.328 e. The summed E-state index contributed by atoms with van der Waals surface area (Å²) in [6.07, 6.45) is 0. The number of quaternary nitrogens is 1. The van der Waals surface area contributed by atoms with Crippen molar-refractivity contribution < 1.29 is 10.1 Å². The Labute approximate surface area is 159 Å². The summed E-state index contributed by atoms with van der Waals surface area (Å²) in [6.45, 7) is 4.78. The first-order valence-electron chi connectivity index (χ1n) is 8.95. The van der Waals surface area contributed by atoms with Gasteiger partial charge in [0.15, 0.2) is 6.54 Å². The second-order valence-corrected chi connectivity index (χ2v) is 7.65. The normalized spacial score (nSPS) is 12.1. The van der Waals surface area contributed by atoms with Crippen LogP contribution in [0.15, 0.2) is 72.1 Å². The van der Waals surface area contributed by atoms with E-state index in [0.717, 1.165) is 5.69 Å². The molecule has 0 unspecified atom stereocenters. The smallest absolute Gasteiger partial charge is 0.279 e. The van der Waals surface area contributed by atoms with Crippen LogP contribution in [0.2, 0.25) is 0 Å². The van der Waals surface area contributed by atoms with Crippen molar-refractivity contribution in [2.75, 3.05) is 11.9 Å². The Bertz CT molecular complexity index is 811. The van der Waals surface area contributed by atoms with Gasteiger partial charge >= 0.3 is 0 Å². The number of rotatable bonds is 7. The number of carbonyl (C=O) groups excluding carboxylic acids is 1. The van der Waals surface area contributed by atoms with E-state index in [-0.39, 0.29) is 11.9 Å². The van der Waals surface area contributed by atoms with Gasteiger partial charge in [0, 0.05) is 11.3 Å². The standard InChI is InChI=1S/C22H24N2OS/c1-16(2)17-10-12-18(13-11-17)22(20-9-6-14-26-20)23-15-21(25)24-19-7-4-3-5-8-19/h3-14,16,22-23H,15H2,1-2H3,(H,24,25)/p+1/t22-/m1/s1. The molecule has 2 aromatic carbocycles. The van der Waals surface area contributed by atoms with Crippen molar-refractivity contribution in [1.29, 1.82) is 0 Å². The highest BCUT2D eigenvalue weighted by Gasteiger charge is 2.20. The molecule has 3 nitrogen and oxygen atoms in total. The minimum absolute atomic E-state index is 0.0107. The summed E-state index contributed by atoms with van der Waals surface area (Å²) in [4.78, 5) is 13.6. The number of carbonyl (C=O) groups is 1. The zero-order valence-electron chi connectivity index (χ0n) is 15.2. The van der Waals surface area contributed by atoms with Crippen molar-refractivity contribution >= 4 is 22.9 Å². The molecule has 1 atom stereocenters. The van der Waals surface area contributed by atoms with Gasteiger partial charge in [-0.2, -0.15) is 0 Å². The molecule has 134 valence electrons. The molecule has 0 aliphatic carbocycles. The Kier molecular flexibility index (Phi) is 6.21. The van der Waals surface area contributed by atoms with E-state index in [0.29, 0.717) is 12.5 Å². The third kappa shape index (κ3) is 4.81. The molecule has 3 rings (SSSR count). The van der Waals surface area contributed by atoms with Crippen LogP contribution in [-0.2, 0) is 4.79 Å². The van der Waals surface area contributed by atoms with Crippen LogP contribution in [0.5, 0.6) is 0 Å². The van der Waals surface area contributed by atoms with Gasteiger partial charge in [-0.1, -0.05) is 62.4 Å². The largest absolute Gasteiger partial charge is 0.328 e. The number of amides is 1. The monoisotopic (exact) mass is 365 g/mol. The van der Waals surface area contributed by atoms with Crippen molar-refractivity contribution in [1.82, 2.24) is 0 Å². The van der Waals surface area contributed by atoms with Crippen LogP contribution in [0.3, 0.4) is 0 Å². The van der Waals surface area contributed by atoms with Crippen LogP contribution >= 0.6 is 11.3 Å². The first-order valence-corrected chi connectivity index (χ1v) is 9.83. The Morgan fingerprint density at radius 2 is 1.65 bits per heavy atom. The van der Waals surface area contributed by atoms with Gasteiger partial charge < -0.3 is 10.6 Å². The van der Waals surface area contributed by atoms with Crippen molar-refractivity contribution in [2.45, 2.75) is 25.8 Å². The van der Waals surface area contributed by atoms with Gasteiger partial charge in [0.2, 0.25) is 0 Å². The lowest BCUT2D eigenvalue weighted by atomic mass is 9.98.